The van der Waals surface area contributed by atoms with Crippen molar-refractivity contribution in [3.8, 4) is 0 Å². The fraction of sp³-hybridized carbons (Fsp3) is 0.167. The molecule has 0 amide bonds. The number of hydrogen-bond donors (Lipinski definition) is 2. The molecule has 0 saturated carbocycles. The van der Waals surface area contributed by atoms with E-state index in [1.807, 2.05) is 0 Å². The number of rotatable bonds is 0. The van der Waals surface area contributed by atoms with Crippen LogP contribution in [0.4, 0.5) is 0 Å². The minimum absolute atomic E-state index is 0.0961. The van der Waals surface area contributed by atoms with Crippen LogP contribution in [0.2, 0.25) is 0 Å². The van der Waals surface area contributed by atoms with Crippen LogP contribution >= 0.6 is 0 Å². The lowest BCUT2D eigenvalue weighted by atomic mass is 10.3. The van der Waals surface area contributed by atoms with Crippen LogP contribution in [0.1, 0.15) is 0 Å². The third kappa shape index (κ3) is 1.000. The van der Waals surface area contributed by atoms with Gasteiger partial charge in [0.25, 0.3) is 0 Å². The molecule has 0 aromatic carbocycles. The summed E-state index contributed by atoms with van der Waals surface area (Å²) in [6.07, 6.45) is 4.78. The molecule has 0 aliphatic carbocycles. The predicted octanol–water partition coefficient (Wildman–Crippen LogP) is -0.773. The lowest BCUT2D eigenvalue weighted by molar-refractivity contribution is 1.04. The molecule has 0 fully saturated rings. The average Bonchev–Trinajstić information content (AvgIpc) is 2.31. The molecule has 2 aliphatic heterocycles. The summed E-state index contributed by atoms with van der Waals surface area (Å²) < 4.78 is 0. The monoisotopic (exact) mass is 149 g/mol. The number of nitrogens with two attached hydrogens (primary N) is 1. The van der Waals surface area contributed by atoms with E-state index in [1.54, 1.807) is 6.08 Å². The van der Waals surface area contributed by atoms with Crippen LogP contribution in [0.3, 0.4) is 0 Å². The summed E-state index contributed by atoms with van der Waals surface area (Å²) in [5.74, 6) is 1.24. The van der Waals surface area contributed by atoms with Gasteiger partial charge in [-0.25, -0.2) is 9.98 Å². The van der Waals surface area contributed by atoms with Crippen LogP contribution < -0.4 is 11.1 Å². The Morgan fingerprint density at radius 2 is 2.45 bits per heavy atom. The van der Waals surface area contributed by atoms with E-state index in [2.05, 4.69) is 20.3 Å². The van der Waals surface area contributed by atoms with Gasteiger partial charge in [-0.3, -0.25) is 4.99 Å². The van der Waals surface area contributed by atoms with E-state index in [1.165, 1.54) is 12.7 Å². The molecule has 3 N–H and O–H groups in total. The minimum atomic E-state index is -0.0961. The first-order valence-electron chi connectivity index (χ1n) is 3.22. The van der Waals surface area contributed by atoms with Gasteiger partial charge >= 0.3 is 0 Å². The summed E-state index contributed by atoms with van der Waals surface area (Å²) >= 11 is 0. The van der Waals surface area contributed by atoms with E-state index >= 15 is 0 Å². The number of aliphatic imine (C=N–C) groups is 3. The molecule has 2 rings (SSSR count). The Morgan fingerprint density at radius 3 is 3.36 bits per heavy atom. The van der Waals surface area contributed by atoms with Gasteiger partial charge in [0.2, 0.25) is 0 Å². The van der Waals surface area contributed by atoms with Crippen LogP contribution in [0.25, 0.3) is 0 Å². The molecule has 2 heterocycles. The van der Waals surface area contributed by atoms with E-state index in [9.17, 15) is 0 Å². The van der Waals surface area contributed by atoms with Crippen molar-refractivity contribution in [2.75, 3.05) is 0 Å². The Labute approximate surface area is 63.4 Å². The predicted molar refractivity (Wildman–Crippen MR) is 43.6 cm³/mol. The molecule has 0 saturated heterocycles. The van der Waals surface area contributed by atoms with Crippen LogP contribution in [-0.2, 0) is 0 Å². The molecule has 11 heavy (non-hydrogen) atoms. The lowest BCUT2D eigenvalue weighted by Crippen LogP contribution is -2.17. The molecule has 0 aromatic rings. The van der Waals surface area contributed by atoms with Crippen molar-refractivity contribution in [3.63, 3.8) is 0 Å². The van der Waals surface area contributed by atoms with Gasteiger partial charge in [0, 0.05) is 0 Å². The SMILES string of the molecule is NC1=CC2N=CN=C2N=CN1. The smallest absolute Gasteiger partial charge is 0.160 e. The Balaban J connectivity index is 2.36. The van der Waals surface area contributed by atoms with Crippen LogP contribution in [0.5, 0.6) is 0 Å². The highest BCUT2D eigenvalue weighted by molar-refractivity contribution is 6.03. The molecule has 0 bridgehead atoms. The molecular weight excluding hydrogens is 142 g/mol. The summed E-state index contributed by atoms with van der Waals surface area (Å²) in [6.45, 7) is 0. The molecule has 5 nitrogen and oxygen atoms in total. The third-order valence-corrected chi connectivity index (χ3v) is 1.45. The van der Waals surface area contributed by atoms with E-state index in [4.69, 9.17) is 5.73 Å². The van der Waals surface area contributed by atoms with Crippen molar-refractivity contribution in [1.29, 1.82) is 0 Å². The average molecular weight is 149 g/mol. The van der Waals surface area contributed by atoms with Crippen molar-refractivity contribution in [3.05, 3.63) is 11.9 Å². The van der Waals surface area contributed by atoms with Crippen molar-refractivity contribution >= 4 is 18.5 Å². The molecule has 5 heteroatoms. The quantitative estimate of drug-likeness (QED) is 0.474. The second-order valence-electron chi connectivity index (χ2n) is 2.22. The van der Waals surface area contributed by atoms with Crippen molar-refractivity contribution in [1.82, 2.24) is 5.32 Å². The maximum absolute atomic E-state index is 5.52. The van der Waals surface area contributed by atoms with E-state index in [-0.39, 0.29) is 6.04 Å². The highest BCUT2D eigenvalue weighted by Crippen LogP contribution is 2.06. The van der Waals surface area contributed by atoms with Gasteiger partial charge in [-0.15, -0.1) is 0 Å². The van der Waals surface area contributed by atoms with Crippen molar-refractivity contribution < 1.29 is 0 Å². The second kappa shape index (κ2) is 2.19. The summed E-state index contributed by atoms with van der Waals surface area (Å²) in [5.41, 5.74) is 5.52. The van der Waals surface area contributed by atoms with Gasteiger partial charge in [0.15, 0.2) is 5.84 Å². The van der Waals surface area contributed by atoms with Crippen LogP contribution in [0.15, 0.2) is 26.9 Å². The van der Waals surface area contributed by atoms with E-state index < -0.39 is 0 Å². The first-order chi connectivity index (χ1) is 5.36. The van der Waals surface area contributed by atoms with E-state index in [0.29, 0.717) is 11.7 Å². The van der Waals surface area contributed by atoms with Crippen LogP contribution in [0, 0.1) is 0 Å². The number of nitrogens with zero attached hydrogens (tertiary/aromatic N) is 3. The zero-order chi connectivity index (χ0) is 7.68. The third-order valence-electron chi connectivity index (χ3n) is 1.45. The Hall–Kier alpha value is -1.65. The first-order valence-corrected chi connectivity index (χ1v) is 3.22. The molecule has 0 aromatic heterocycles. The molecule has 0 spiro atoms. The molecule has 1 atom stereocenters. The van der Waals surface area contributed by atoms with Gasteiger partial charge in [-0.05, 0) is 6.08 Å². The number of nitrogens with one attached hydrogen (secondary N) is 1. The summed E-state index contributed by atoms with van der Waals surface area (Å²) in [6, 6.07) is -0.0961. The van der Waals surface area contributed by atoms with Crippen molar-refractivity contribution in [2.24, 2.45) is 20.7 Å². The number of fused-ring (bicyclic) bond motifs is 1. The fourth-order valence-corrected chi connectivity index (χ4v) is 0.926. The Bertz CT molecular complexity index is 285. The number of hydrogen-bond acceptors (Lipinski definition) is 5. The fourth-order valence-electron chi connectivity index (χ4n) is 0.926. The molecular formula is C6H7N5. The van der Waals surface area contributed by atoms with E-state index in [0.717, 1.165) is 0 Å². The number of amidine groups is 1. The molecule has 2 aliphatic rings. The zero-order valence-corrected chi connectivity index (χ0v) is 5.73. The summed E-state index contributed by atoms with van der Waals surface area (Å²) in [4.78, 5) is 12.0. The second-order valence-corrected chi connectivity index (χ2v) is 2.22. The van der Waals surface area contributed by atoms with Gasteiger partial charge in [0.1, 0.15) is 12.4 Å². The summed E-state index contributed by atoms with van der Waals surface area (Å²) in [5, 5.41) is 2.77. The van der Waals surface area contributed by atoms with Gasteiger partial charge in [-0.2, -0.15) is 0 Å². The van der Waals surface area contributed by atoms with Crippen molar-refractivity contribution in [2.45, 2.75) is 6.04 Å². The summed E-state index contributed by atoms with van der Waals surface area (Å²) in [7, 11) is 0. The Kier molecular flexibility index (Phi) is 1.21. The highest BCUT2D eigenvalue weighted by atomic mass is 15.1. The standard InChI is InChI=1S/C6H7N5/c7-5-1-4-6(10-2-8-4)11-3-9-5/h1-4H,7H2,(H,8,9,10,11). The normalized spacial score (nSPS) is 26.7. The largest absolute Gasteiger partial charge is 0.385 e. The lowest BCUT2D eigenvalue weighted by Gasteiger charge is -1.98. The maximum Gasteiger partial charge on any atom is 0.160 e. The van der Waals surface area contributed by atoms with Gasteiger partial charge < -0.3 is 11.1 Å². The maximum atomic E-state index is 5.52. The van der Waals surface area contributed by atoms with Gasteiger partial charge in [0.05, 0.1) is 12.2 Å². The van der Waals surface area contributed by atoms with Crippen LogP contribution in [-0.4, -0.2) is 24.6 Å². The minimum Gasteiger partial charge on any atom is -0.385 e. The molecule has 0 radical (unpaired) electrons. The van der Waals surface area contributed by atoms with Gasteiger partial charge in [-0.1, -0.05) is 0 Å². The first kappa shape index (κ1) is 6.09. The highest BCUT2D eigenvalue weighted by Gasteiger charge is 2.16. The molecule has 56 valence electrons. The molecule has 1 unspecified atom stereocenters. The topological polar surface area (TPSA) is 75.1 Å². The Morgan fingerprint density at radius 1 is 1.55 bits per heavy atom. The zero-order valence-electron chi connectivity index (χ0n) is 5.73.